The van der Waals surface area contributed by atoms with Crippen molar-refractivity contribution in [3.63, 3.8) is 0 Å². The van der Waals surface area contributed by atoms with Gasteiger partial charge in [0, 0.05) is 22.8 Å². The molecule has 3 atom stereocenters. The highest BCUT2D eigenvalue weighted by atomic mass is 16.3. The molecule has 2 aliphatic carbocycles. The summed E-state index contributed by atoms with van der Waals surface area (Å²) in [4.78, 5) is 12.2. The second-order valence-corrected chi connectivity index (χ2v) is 6.56. The lowest BCUT2D eigenvalue weighted by atomic mass is 9.65. The number of Topliss-reactive ketones (excluding diaryl/α,β-unsaturated/α-hetero) is 1. The average molecular weight is 268 g/mol. The standard InChI is InChI=1S/C18H20O2/c1-16-12-13-18(20,17(16,2)10-9-15(16)19)11-8-14-6-4-3-5-7-14/h3-7,20H,9-10,12-13H2,1-2H3/t16-,17+,18+/m1/s1. The summed E-state index contributed by atoms with van der Waals surface area (Å²) >= 11 is 0. The number of hydrogen-bond donors (Lipinski definition) is 1. The number of hydrogen-bond acceptors (Lipinski definition) is 2. The van der Waals surface area contributed by atoms with Gasteiger partial charge in [-0.15, -0.1) is 0 Å². The van der Waals surface area contributed by atoms with E-state index in [1.165, 1.54) is 0 Å². The van der Waals surface area contributed by atoms with E-state index in [4.69, 9.17) is 0 Å². The first-order valence-corrected chi connectivity index (χ1v) is 7.25. The van der Waals surface area contributed by atoms with Gasteiger partial charge < -0.3 is 5.11 Å². The monoisotopic (exact) mass is 268 g/mol. The second kappa shape index (κ2) is 4.20. The zero-order chi connectivity index (χ0) is 14.4. The van der Waals surface area contributed by atoms with Gasteiger partial charge in [-0.3, -0.25) is 4.79 Å². The second-order valence-electron chi connectivity index (χ2n) is 6.56. The predicted molar refractivity (Wildman–Crippen MR) is 78.0 cm³/mol. The number of carbonyl (C=O) groups is 1. The molecule has 0 unspecified atom stereocenters. The highest BCUT2D eigenvalue weighted by molar-refractivity contribution is 5.89. The van der Waals surface area contributed by atoms with Crippen LogP contribution in [0, 0.1) is 22.7 Å². The van der Waals surface area contributed by atoms with E-state index in [0.29, 0.717) is 12.8 Å². The maximum Gasteiger partial charge on any atom is 0.139 e. The summed E-state index contributed by atoms with van der Waals surface area (Å²) in [6.45, 7) is 4.04. The van der Waals surface area contributed by atoms with Gasteiger partial charge in [0.1, 0.15) is 11.4 Å². The third kappa shape index (κ3) is 1.60. The maximum atomic E-state index is 12.2. The Morgan fingerprint density at radius 3 is 2.50 bits per heavy atom. The molecular weight excluding hydrogens is 248 g/mol. The summed E-state index contributed by atoms with van der Waals surface area (Å²) < 4.78 is 0. The average Bonchev–Trinajstić information content (AvgIpc) is 2.81. The van der Waals surface area contributed by atoms with E-state index >= 15 is 0 Å². The topological polar surface area (TPSA) is 37.3 Å². The molecule has 1 aromatic carbocycles. The molecule has 0 spiro atoms. The smallest absolute Gasteiger partial charge is 0.139 e. The summed E-state index contributed by atoms with van der Waals surface area (Å²) in [5.41, 5.74) is -0.974. The van der Waals surface area contributed by atoms with Crippen molar-refractivity contribution < 1.29 is 9.90 Å². The van der Waals surface area contributed by atoms with E-state index < -0.39 is 16.4 Å². The van der Waals surface area contributed by atoms with Crippen molar-refractivity contribution in [2.24, 2.45) is 10.8 Å². The Morgan fingerprint density at radius 2 is 1.80 bits per heavy atom. The van der Waals surface area contributed by atoms with Gasteiger partial charge in [0.15, 0.2) is 0 Å². The largest absolute Gasteiger partial charge is 0.377 e. The molecule has 2 nitrogen and oxygen atoms in total. The molecule has 0 bridgehead atoms. The Labute approximate surface area is 120 Å². The number of benzene rings is 1. The summed E-state index contributed by atoms with van der Waals surface area (Å²) in [5.74, 6) is 6.46. The summed E-state index contributed by atoms with van der Waals surface area (Å²) in [6.07, 6.45) is 2.64. The minimum Gasteiger partial charge on any atom is -0.377 e. The first-order valence-electron chi connectivity index (χ1n) is 7.25. The molecule has 0 radical (unpaired) electrons. The number of ketones is 1. The van der Waals surface area contributed by atoms with Crippen LogP contribution in [0.15, 0.2) is 30.3 Å². The van der Waals surface area contributed by atoms with Gasteiger partial charge in [-0.25, -0.2) is 0 Å². The fourth-order valence-corrected chi connectivity index (χ4v) is 3.91. The van der Waals surface area contributed by atoms with Gasteiger partial charge in [-0.1, -0.05) is 43.9 Å². The predicted octanol–water partition coefficient (Wildman–Crippen LogP) is 2.94. The molecule has 104 valence electrons. The fourth-order valence-electron chi connectivity index (χ4n) is 3.91. The van der Waals surface area contributed by atoms with Crippen LogP contribution in [0.2, 0.25) is 0 Å². The molecule has 2 aliphatic rings. The lowest BCUT2D eigenvalue weighted by molar-refractivity contribution is -0.130. The van der Waals surface area contributed by atoms with Crippen LogP contribution in [-0.2, 0) is 4.79 Å². The third-order valence-corrected chi connectivity index (χ3v) is 5.77. The van der Waals surface area contributed by atoms with Gasteiger partial charge in [-0.2, -0.15) is 0 Å². The molecule has 2 saturated carbocycles. The number of aliphatic hydroxyl groups is 1. The number of carbonyl (C=O) groups excluding carboxylic acids is 1. The summed E-state index contributed by atoms with van der Waals surface area (Å²) in [5, 5.41) is 11.0. The Morgan fingerprint density at radius 1 is 1.10 bits per heavy atom. The molecule has 20 heavy (non-hydrogen) atoms. The summed E-state index contributed by atoms with van der Waals surface area (Å²) in [6, 6.07) is 9.70. The molecule has 2 heteroatoms. The quantitative estimate of drug-likeness (QED) is 0.735. The Bertz CT molecular complexity index is 609. The van der Waals surface area contributed by atoms with Gasteiger partial charge in [-0.05, 0) is 31.4 Å². The first kappa shape index (κ1) is 13.4. The van der Waals surface area contributed by atoms with Crippen molar-refractivity contribution in [2.75, 3.05) is 0 Å². The third-order valence-electron chi connectivity index (χ3n) is 5.77. The molecule has 1 N–H and O–H groups in total. The highest BCUT2D eigenvalue weighted by Crippen LogP contribution is 2.64. The van der Waals surface area contributed by atoms with Crippen molar-refractivity contribution in [1.82, 2.24) is 0 Å². The zero-order valence-electron chi connectivity index (χ0n) is 12.1. The Hall–Kier alpha value is -1.59. The molecule has 0 aliphatic heterocycles. The van der Waals surface area contributed by atoms with Gasteiger partial charge in [0.05, 0.1) is 0 Å². The van der Waals surface area contributed by atoms with Crippen LogP contribution in [0.4, 0.5) is 0 Å². The maximum absolute atomic E-state index is 12.2. The van der Waals surface area contributed by atoms with Gasteiger partial charge >= 0.3 is 0 Å². The number of rotatable bonds is 0. The molecule has 0 aromatic heterocycles. The lowest BCUT2D eigenvalue weighted by Gasteiger charge is -2.40. The van der Waals surface area contributed by atoms with Crippen molar-refractivity contribution >= 4 is 5.78 Å². The SMILES string of the molecule is C[C@]12CCC(=O)[C@@]1(C)CC[C@@]2(O)C#Cc1ccccc1. The molecule has 2 fully saturated rings. The van der Waals surface area contributed by atoms with Crippen LogP contribution in [0.5, 0.6) is 0 Å². The lowest BCUT2D eigenvalue weighted by Crippen LogP contribution is -2.46. The van der Waals surface area contributed by atoms with Crippen LogP contribution in [-0.4, -0.2) is 16.5 Å². The van der Waals surface area contributed by atoms with Crippen molar-refractivity contribution in [3.05, 3.63) is 35.9 Å². The molecular formula is C18H20O2. The normalized spacial score (nSPS) is 39.2. The van der Waals surface area contributed by atoms with E-state index in [1.54, 1.807) is 0 Å². The fraction of sp³-hybridized carbons (Fsp3) is 0.500. The highest BCUT2D eigenvalue weighted by Gasteiger charge is 2.67. The Balaban J connectivity index is 1.99. The Kier molecular flexibility index (Phi) is 2.81. The van der Waals surface area contributed by atoms with E-state index in [9.17, 15) is 9.90 Å². The van der Waals surface area contributed by atoms with Crippen molar-refractivity contribution in [2.45, 2.75) is 45.1 Å². The van der Waals surface area contributed by atoms with Crippen LogP contribution in [0.25, 0.3) is 0 Å². The van der Waals surface area contributed by atoms with Crippen molar-refractivity contribution in [1.29, 1.82) is 0 Å². The molecule has 0 amide bonds. The van der Waals surface area contributed by atoms with Gasteiger partial charge in [0.2, 0.25) is 0 Å². The molecule has 3 rings (SSSR count). The molecule has 0 saturated heterocycles. The van der Waals surface area contributed by atoms with Crippen LogP contribution in [0.1, 0.15) is 45.1 Å². The van der Waals surface area contributed by atoms with Crippen LogP contribution < -0.4 is 0 Å². The van der Waals surface area contributed by atoms with Crippen LogP contribution >= 0.6 is 0 Å². The minimum atomic E-state index is -1.05. The zero-order valence-corrected chi connectivity index (χ0v) is 12.1. The van der Waals surface area contributed by atoms with Gasteiger partial charge in [0.25, 0.3) is 0 Å². The van der Waals surface area contributed by atoms with E-state index in [-0.39, 0.29) is 5.78 Å². The molecule has 0 heterocycles. The summed E-state index contributed by atoms with van der Waals surface area (Å²) in [7, 11) is 0. The van der Waals surface area contributed by atoms with E-state index in [0.717, 1.165) is 18.4 Å². The molecule has 1 aromatic rings. The minimum absolute atomic E-state index is 0.289. The van der Waals surface area contributed by atoms with Crippen molar-refractivity contribution in [3.8, 4) is 11.8 Å². The van der Waals surface area contributed by atoms with E-state index in [2.05, 4.69) is 11.8 Å². The van der Waals surface area contributed by atoms with E-state index in [1.807, 2.05) is 44.2 Å². The first-order chi connectivity index (χ1) is 9.41. The number of fused-ring (bicyclic) bond motifs is 1. The van der Waals surface area contributed by atoms with Crippen LogP contribution in [0.3, 0.4) is 0 Å².